The van der Waals surface area contributed by atoms with Crippen molar-refractivity contribution in [2.75, 3.05) is 32.7 Å². The Morgan fingerprint density at radius 3 is 2.35 bits per heavy atom. The van der Waals surface area contributed by atoms with E-state index in [9.17, 15) is 13.2 Å². The first-order valence-corrected chi connectivity index (χ1v) is 9.95. The van der Waals surface area contributed by atoms with Crippen LogP contribution in [0.1, 0.15) is 5.69 Å². The lowest BCUT2D eigenvalue weighted by atomic mass is 10.3. The van der Waals surface area contributed by atoms with Crippen LogP contribution in [0, 0.1) is 0 Å². The maximum atomic E-state index is 12.6. The molecule has 0 unspecified atom stereocenters. The SMILES string of the molecule is O=C(CNCc1ccccn1)N1CCN(S(=O)(=O)c2ccccc2)CC1. The van der Waals surface area contributed by atoms with Crippen molar-refractivity contribution >= 4 is 15.9 Å². The molecule has 0 saturated carbocycles. The van der Waals surface area contributed by atoms with E-state index < -0.39 is 10.0 Å². The molecule has 1 amide bonds. The Bertz CT molecular complexity index is 820. The van der Waals surface area contributed by atoms with Gasteiger partial charge in [0.1, 0.15) is 0 Å². The van der Waals surface area contributed by atoms with Gasteiger partial charge in [-0.15, -0.1) is 0 Å². The number of aromatic nitrogens is 1. The van der Waals surface area contributed by atoms with Gasteiger partial charge >= 0.3 is 0 Å². The Kier molecular flexibility index (Phi) is 5.97. The van der Waals surface area contributed by atoms with Gasteiger partial charge in [-0.3, -0.25) is 9.78 Å². The monoisotopic (exact) mass is 374 g/mol. The Balaban J connectivity index is 1.48. The summed E-state index contributed by atoms with van der Waals surface area (Å²) in [5, 5.41) is 3.08. The van der Waals surface area contributed by atoms with Crippen molar-refractivity contribution in [3.63, 3.8) is 0 Å². The van der Waals surface area contributed by atoms with Crippen molar-refractivity contribution in [1.82, 2.24) is 19.5 Å². The fraction of sp³-hybridized carbons (Fsp3) is 0.333. The Morgan fingerprint density at radius 1 is 1.00 bits per heavy atom. The van der Waals surface area contributed by atoms with Crippen molar-refractivity contribution in [3.8, 4) is 0 Å². The van der Waals surface area contributed by atoms with Gasteiger partial charge in [-0.1, -0.05) is 24.3 Å². The normalized spacial score (nSPS) is 15.8. The molecule has 8 heteroatoms. The van der Waals surface area contributed by atoms with Gasteiger partial charge < -0.3 is 10.2 Å². The van der Waals surface area contributed by atoms with Crippen molar-refractivity contribution in [2.24, 2.45) is 0 Å². The van der Waals surface area contributed by atoms with Gasteiger partial charge in [0.05, 0.1) is 17.1 Å². The zero-order chi connectivity index (χ0) is 18.4. The van der Waals surface area contributed by atoms with Gasteiger partial charge in [0.15, 0.2) is 0 Å². The average molecular weight is 374 g/mol. The first kappa shape index (κ1) is 18.5. The van der Waals surface area contributed by atoms with Gasteiger partial charge in [0, 0.05) is 38.9 Å². The van der Waals surface area contributed by atoms with Crippen LogP contribution in [-0.4, -0.2) is 61.2 Å². The summed E-state index contributed by atoms with van der Waals surface area (Å²) in [6.07, 6.45) is 1.71. The number of hydrogen-bond acceptors (Lipinski definition) is 5. The lowest BCUT2D eigenvalue weighted by Gasteiger charge is -2.34. The van der Waals surface area contributed by atoms with Crippen LogP contribution in [0.4, 0.5) is 0 Å². The van der Waals surface area contributed by atoms with Crippen molar-refractivity contribution < 1.29 is 13.2 Å². The van der Waals surface area contributed by atoms with Gasteiger partial charge in [-0.05, 0) is 24.3 Å². The van der Waals surface area contributed by atoms with Crippen LogP contribution in [0.25, 0.3) is 0 Å². The molecule has 1 aliphatic rings. The molecular weight excluding hydrogens is 352 g/mol. The number of nitrogens with one attached hydrogen (secondary N) is 1. The molecule has 2 heterocycles. The summed E-state index contributed by atoms with van der Waals surface area (Å²) in [7, 11) is -3.49. The van der Waals surface area contributed by atoms with E-state index in [0.717, 1.165) is 5.69 Å². The third-order valence-electron chi connectivity index (χ3n) is 4.28. The first-order valence-electron chi connectivity index (χ1n) is 8.51. The number of carbonyl (C=O) groups excluding carboxylic acids is 1. The van der Waals surface area contributed by atoms with Gasteiger partial charge in [-0.2, -0.15) is 4.31 Å². The molecule has 0 radical (unpaired) electrons. The highest BCUT2D eigenvalue weighted by Crippen LogP contribution is 2.17. The van der Waals surface area contributed by atoms with E-state index in [2.05, 4.69) is 10.3 Å². The minimum atomic E-state index is -3.49. The molecule has 0 aliphatic carbocycles. The minimum absolute atomic E-state index is 0.0299. The lowest BCUT2D eigenvalue weighted by Crippen LogP contribution is -2.52. The van der Waals surface area contributed by atoms with Gasteiger partial charge in [0.2, 0.25) is 15.9 Å². The highest BCUT2D eigenvalue weighted by atomic mass is 32.2. The molecule has 7 nitrogen and oxygen atoms in total. The van der Waals surface area contributed by atoms with Gasteiger partial charge in [-0.25, -0.2) is 8.42 Å². The largest absolute Gasteiger partial charge is 0.339 e. The van der Waals surface area contributed by atoms with E-state index in [1.807, 2.05) is 18.2 Å². The second-order valence-electron chi connectivity index (χ2n) is 6.02. The van der Waals surface area contributed by atoms with Crippen molar-refractivity contribution in [3.05, 3.63) is 60.4 Å². The average Bonchev–Trinajstić information content (AvgIpc) is 2.69. The molecule has 0 bridgehead atoms. The fourth-order valence-corrected chi connectivity index (χ4v) is 4.27. The smallest absolute Gasteiger partial charge is 0.243 e. The number of pyridine rings is 1. The maximum absolute atomic E-state index is 12.6. The molecule has 1 aliphatic heterocycles. The predicted molar refractivity (Wildman–Crippen MR) is 97.7 cm³/mol. The van der Waals surface area contributed by atoms with E-state index in [0.29, 0.717) is 32.7 Å². The molecule has 0 atom stereocenters. The molecule has 2 aromatic rings. The number of benzene rings is 1. The Morgan fingerprint density at radius 2 is 1.69 bits per heavy atom. The van der Waals surface area contributed by atoms with Crippen LogP contribution < -0.4 is 5.32 Å². The molecule has 1 fully saturated rings. The number of hydrogen-bond donors (Lipinski definition) is 1. The third-order valence-corrected chi connectivity index (χ3v) is 6.19. The summed E-state index contributed by atoms with van der Waals surface area (Å²) in [6.45, 7) is 2.15. The molecule has 26 heavy (non-hydrogen) atoms. The predicted octanol–water partition coefficient (Wildman–Crippen LogP) is 0.704. The van der Waals surface area contributed by atoms with Crippen LogP contribution in [0.5, 0.6) is 0 Å². The zero-order valence-corrected chi connectivity index (χ0v) is 15.2. The molecule has 138 valence electrons. The van der Waals surface area contributed by atoms with Crippen LogP contribution in [0.3, 0.4) is 0 Å². The van der Waals surface area contributed by atoms with Crippen molar-refractivity contribution in [2.45, 2.75) is 11.4 Å². The van der Waals surface area contributed by atoms with Crippen LogP contribution in [-0.2, 0) is 21.4 Å². The Hall–Kier alpha value is -2.29. The summed E-state index contributed by atoms with van der Waals surface area (Å²) in [5.41, 5.74) is 0.874. The van der Waals surface area contributed by atoms with Crippen LogP contribution >= 0.6 is 0 Å². The number of carbonyl (C=O) groups is 1. The van der Waals surface area contributed by atoms with Gasteiger partial charge in [0.25, 0.3) is 0 Å². The summed E-state index contributed by atoms with van der Waals surface area (Å²) in [6, 6.07) is 14.0. The molecule has 1 aromatic carbocycles. The van der Waals surface area contributed by atoms with E-state index in [-0.39, 0.29) is 17.3 Å². The van der Waals surface area contributed by atoms with E-state index >= 15 is 0 Å². The van der Waals surface area contributed by atoms with Crippen molar-refractivity contribution in [1.29, 1.82) is 0 Å². The second kappa shape index (κ2) is 8.39. The molecule has 0 spiro atoms. The number of rotatable bonds is 6. The van der Waals surface area contributed by atoms with E-state index in [4.69, 9.17) is 0 Å². The van der Waals surface area contributed by atoms with Crippen LogP contribution in [0.15, 0.2) is 59.6 Å². The highest BCUT2D eigenvalue weighted by molar-refractivity contribution is 7.89. The number of piperazine rings is 1. The van der Waals surface area contributed by atoms with Crippen LogP contribution in [0.2, 0.25) is 0 Å². The number of sulfonamides is 1. The summed E-state index contributed by atoms with van der Waals surface area (Å²) in [4.78, 5) is 18.5. The van der Waals surface area contributed by atoms with E-state index in [1.54, 1.807) is 41.4 Å². The minimum Gasteiger partial charge on any atom is -0.339 e. The summed E-state index contributed by atoms with van der Waals surface area (Å²) < 4.78 is 26.6. The standard InChI is InChI=1S/C18H22N4O3S/c23-18(15-19-14-16-6-4-5-9-20-16)21-10-12-22(13-11-21)26(24,25)17-7-2-1-3-8-17/h1-9,19H,10-15H2. The second-order valence-corrected chi connectivity index (χ2v) is 7.96. The number of nitrogens with zero attached hydrogens (tertiary/aromatic N) is 3. The summed E-state index contributed by atoms with van der Waals surface area (Å²) in [5.74, 6) is -0.0299. The number of amides is 1. The first-order chi connectivity index (χ1) is 12.6. The lowest BCUT2D eigenvalue weighted by molar-refractivity contribution is -0.131. The summed E-state index contributed by atoms with van der Waals surface area (Å²) >= 11 is 0. The molecule has 3 rings (SSSR count). The maximum Gasteiger partial charge on any atom is 0.243 e. The topological polar surface area (TPSA) is 82.6 Å². The fourth-order valence-electron chi connectivity index (χ4n) is 2.83. The molecule has 1 N–H and O–H groups in total. The molecular formula is C18H22N4O3S. The zero-order valence-electron chi connectivity index (χ0n) is 14.4. The third kappa shape index (κ3) is 4.46. The molecule has 1 aromatic heterocycles. The molecule has 1 saturated heterocycles. The quantitative estimate of drug-likeness (QED) is 0.805. The van der Waals surface area contributed by atoms with E-state index in [1.165, 1.54) is 4.31 Å². The highest BCUT2D eigenvalue weighted by Gasteiger charge is 2.29. The Labute approximate surface area is 153 Å².